The van der Waals surface area contributed by atoms with Gasteiger partial charge >= 0.3 is 0 Å². The van der Waals surface area contributed by atoms with Crippen molar-refractivity contribution in [3.63, 3.8) is 0 Å². The van der Waals surface area contributed by atoms with E-state index in [9.17, 15) is 4.79 Å². The molecule has 0 spiro atoms. The Morgan fingerprint density at radius 2 is 2.29 bits per heavy atom. The molecular weight excluding hydrogens is 329 g/mol. The molecule has 2 rings (SSSR count). The average Bonchev–Trinajstić information content (AvgIpc) is 2.33. The molecular formula is C13H16INO2. The van der Waals surface area contributed by atoms with E-state index in [-0.39, 0.29) is 12.0 Å². The first kappa shape index (κ1) is 12.8. The summed E-state index contributed by atoms with van der Waals surface area (Å²) in [6.45, 7) is 3.44. The molecule has 4 heteroatoms. The molecule has 17 heavy (non-hydrogen) atoms. The molecule has 1 heterocycles. The zero-order chi connectivity index (χ0) is 12.4. The number of rotatable bonds is 3. The molecule has 0 saturated heterocycles. The molecule has 1 aromatic carbocycles. The molecule has 0 saturated carbocycles. The van der Waals surface area contributed by atoms with E-state index in [1.54, 1.807) is 7.11 Å². The fourth-order valence-corrected chi connectivity index (χ4v) is 2.54. The quantitative estimate of drug-likeness (QED) is 0.787. The van der Waals surface area contributed by atoms with Gasteiger partial charge in [0.1, 0.15) is 0 Å². The van der Waals surface area contributed by atoms with Crippen LogP contribution in [0.3, 0.4) is 0 Å². The lowest BCUT2D eigenvalue weighted by atomic mass is 9.99. The molecule has 92 valence electrons. The first-order valence-electron chi connectivity index (χ1n) is 5.72. The number of hydrogen-bond donors (Lipinski definition) is 0. The molecule has 1 atom stereocenters. The van der Waals surface area contributed by atoms with Crippen molar-refractivity contribution in [2.24, 2.45) is 0 Å². The second-order valence-electron chi connectivity index (χ2n) is 4.35. The fourth-order valence-electron chi connectivity index (χ4n) is 2.05. The highest BCUT2D eigenvalue weighted by Crippen LogP contribution is 2.21. The molecule has 1 aliphatic heterocycles. The molecule has 0 aromatic heterocycles. The van der Waals surface area contributed by atoms with E-state index in [1.807, 2.05) is 17.9 Å². The number of halogens is 1. The number of benzene rings is 1. The van der Waals surface area contributed by atoms with Crippen molar-refractivity contribution in [3.8, 4) is 0 Å². The fraction of sp³-hybridized carbons (Fsp3) is 0.462. The number of hydrogen-bond acceptors (Lipinski definition) is 2. The van der Waals surface area contributed by atoms with Crippen molar-refractivity contribution < 1.29 is 9.53 Å². The van der Waals surface area contributed by atoms with Gasteiger partial charge < -0.3 is 9.64 Å². The van der Waals surface area contributed by atoms with E-state index >= 15 is 0 Å². The molecule has 1 unspecified atom stereocenters. The summed E-state index contributed by atoms with van der Waals surface area (Å²) in [6, 6.07) is 6.09. The van der Waals surface area contributed by atoms with E-state index in [1.165, 1.54) is 0 Å². The van der Waals surface area contributed by atoms with Crippen molar-refractivity contribution in [2.75, 3.05) is 20.2 Å². The molecule has 1 aliphatic rings. The second kappa shape index (κ2) is 5.35. The zero-order valence-corrected chi connectivity index (χ0v) is 12.2. The summed E-state index contributed by atoms with van der Waals surface area (Å²) >= 11 is 2.24. The van der Waals surface area contributed by atoms with Gasteiger partial charge in [-0.25, -0.2) is 0 Å². The first-order chi connectivity index (χ1) is 8.11. The summed E-state index contributed by atoms with van der Waals surface area (Å²) in [5, 5.41) is 0. The van der Waals surface area contributed by atoms with Gasteiger partial charge in [0.2, 0.25) is 0 Å². The molecule has 0 radical (unpaired) electrons. The Hall–Kier alpha value is -0.620. The Morgan fingerprint density at radius 1 is 1.53 bits per heavy atom. The maximum atomic E-state index is 12.3. The average molecular weight is 345 g/mol. The molecule has 0 aliphatic carbocycles. The van der Waals surface area contributed by atoms with Gasteiger partial charge in [0.05, 0.1) is 6.10 Å². The number of carbonyl (C=O) groups is 1. The molecule has 1 aromatic rings. The third kappa shape index (κ3) is 2.80. The molecule has 0 bridgehead atoms. The van der Waals surface area contributed by atoms with E-state index in [2.05, 4.69) is 34.7 Å². The Labute approximate surface area is 115 Å². The van der Waals surface area contributed by atoms with Gasteiger partial charge in [-0.3, -0.25) is 4.79 Å². The van der Waals surface area contributed by atoms with Crippen LogP contribution in [0.1, 0.15) is 22.8 Å². The number of amides is 1. The van der Waals surface area contributed by atoms with Crippen LogP contribution >= 0.6 is 22.6 Å². The normalized spacial score (nSPS) is 16.9. The van der Waals surface area contributed by atoms with Gasteiger partial charge in [-0.2, -0.15) is 0 Å². The predicted molar refractivity (Wildman–Crippen MR) is 75.2 cm³/mol. The van der Waals surface area contributed by atoms with Crippen LogP contribution in [0.15, 0.2) is 18.2 Å². The van der Waals surface area contributed by atoms with Crippen LogP contribution < -0.4 is 0 Å². The lowest BCUT2D eigenvalue weighted by Gasteiger charge is -2.30. The molecule has 0 fully saturated rings. The minimum absolute atomic E-state index is 0.0864. The Morgan fingerprint density at radius 3 is 3.00 bits per heavy atom. The number of carbonyl (C=O) groups excluding carboxylic acids is 1. The number of fused-ring (bicyclic) bond motifs is 1. The van der Waals surface area contributed by atoms with E-state index in [4.69, 9.17) is 4.74 Å². The molecule has 0 N–H and O–H groups in total. The third-order valence-electron chi connectivity index (χ3n) is 3.12. The van der Waals surface area contributed by atoms with Gasteiger partial charge in [0, 0.05) is 29.3 Å². The van der Waals surface area contributed by atoms with Gasteiger partial charge in [0.15, 0.2) is 0 Å². The van der Waals surface area contributed by atoms with Gasteiger partial charge in [0.25, 0.3) is 5.91 Å². The smallest absolute Gasteiger partial charge is 0.254 e. The van der Waals surface area contributed by atoms with E-state index < -0.39 is 0 Å². The Kier molecular flexibility index (Phi) is 4.04. The number of methoxy groups -OCH3 is 1. The second-order valence-corrected chi connectivity index (χ2v) is 5.59. The SMILES string of the molecule is COC(C)CN1CCc2ccc(I)cc2C1=O. The monoisotopic (exact) mass is 345 g/mol. The summed E-state index contributed by atoms with van der Waals surface area (Å²) in [5.74, 6) is 0.133. The van der Waals surface area contributed by atoms with Crippen LogP contribution in [-0.2, 0) is 11.2 Å². The zero-order valence-electron chi connectivity index (χ0n) is 10.1. The first-order valence-corrected chi connectivity index (χ1v) is 6.80. The molecule has 1 amide bonds. The largest absolute Gasteiger partial charge is 0.380 e. The Balaban J connectivity index is 2.20. The minimum atomic E-state index is 0.0864. The van der Waals surface area contributed by atoms with Gasteiger partial charge in [-0.15, -0.1) is 0 Å². The van der Waals surface area contributed by atoms with Crippen LogP contribution in [0.2, 0.25) is 0 Å². The topological polar surface area (TPSA) is 29.5 Å². The Bertz CT molecular complexity index is 433. The maximum Gasteiger partial charge on any atom is 0.254 e. The summed E-state index contributed by atoms with van der Waals surface area (Å²) < 4.78 is 6.33. The number of ether oxygens (including phenoxy) is 1. The summed E-state index contributed by atoms with van der Waals surface area (Å²) in [4.78, 5) is 14.2. The van der Waals surface area contributed by atoms with E-state index in [0.717, 1.165) is 27.7 Å². The van der Waals surface area contributed by atoms with Crippen LogP contribution in [0.25, 0.3) is 0 Å². The van der Waals surface area contributed by atoms with Gasteiger partial charge in [-0.05, 0) is 53.6 Å². The summed E-state index contributed by atoms with van der Waals surface area (Å²) in [5.41, 5.74) is 2.02. The van der Waals surface area contributed by atoms with Crippen molar-refractivity contribution in [1.29, 1.82) is 0 Å². The van der Waals surface area contributed by atoms with E-state index in [0.29, 0.717) is 6.54 Å². The minimum Gasteiger partial charge on any atom is -0.380 e. The lowest BCUT2D eigenvalue weighted by Crippen LogP contribution is -2.41. The number of nitrogens with zero attached hydrogens (tertiary/aromatic N) is 1. The van der Waals surface area contributed by atoms with Gasteiger partial charge in [-0.1, -0.05) is 6.07 Å². The van der Waals surface area contributed by atoms with Crippen molar-refractivity contribution in [3.05, 3.63) is 32.9 Å². The third-order valence-corrected chi connectivity index (χ3v) is 3.79. The highest BCUT2D eigenvalue weighted by atomic mass is 127. The predicted octanol–water partition coefficient (Wildman–Crippen LogP) is 2.32. The summed E-state index contributed by atoms with van der Waals surface area (Å²) in [6.07, 6.45) is 1.03. The maximum absolute atomic E-state index is 12.3. The summed E-state index contributed by atoms with van der Waals surface area (Å²) in [7, 11) is 1.68. The lowest BCUT2D eigenvalue weighted by molar-refractivity contribution is 0.0522. The standard InChI is InChI=1S/C13H16INO2/c1-9(17-2)8-15-6-5-10-3-4-11(14)7-12(10)13(15)16/h3-4,7,9H,5-6,8H2,1-2H3. The van der Waals surface area contributed by atoms with Crippen LogP contribution in [0.5, 0.6) is 0 Å². The highest BCUT2D eigenvalue weighted by Gasteiger charge is 2.25. The highest BCUT2D eigenvalue weighted by molar-refractivity contribution is 14.1. The van der Waals surface area contributed by atoms with Crippen molar-refractivity contribution in [2.45, 2.75) is 19.4 Å². The van der Waals surface area contributed by atoms with Crippen LogP contribution in [-0.4, -0.2) is 37.1 Å². The van der Waals surface area contributed by atoms with Crippen molar-refractivity contribution in [1.82, 2.24) is 4.90 Å². The van der Waals surface area contributed by atoms with Crippen LogP contribution in [0, 0.1) is 3.57 Å². The van der Waals surface area contributed by atoms with Crippen LogP contribution in [0.4, 0.5) is 0 Å². The van der Waals surface area contributed by atoms with Crippen molar-refractivity contribution >= 4 is 28.5 Å². The molecule has 3 nitrogen and oxygen atoms in total.